The van der Waals surface area contributed by atoms with E-state index in [2.05, 4.69) is 30.2 Å². The van der Waals surface area contributed by atoms with Crippen molar-refractivity contribution in [3.8, 4) is 0 Å². The van der Waals surface area contributed by atoms with Crippen molar-refractivity contribution in [2.24, 2.45) is 0 Å². The summed E-state index contributed by atoms with van der Waals surface area (Å²) in [5.41, 5.74) is 2.15. The van der Waals surface area contributed by atoms with Gasteiger partial charge in [0.25, 0.3) is 0 Å². The molecule has 1 atom stereocenters. The molecular formula is C14H16N6O. The number of nitrogens with one attached hydrogen (secondary N) is 1. The van der Waals surface area contributed by atoms with Gasteiger partial charge in [-0.1, -0.05) is 11.3 Å². The topological polar surface area (TPSA) is 92.5 Å². The second-order valence-corrected chi connectivity index (χ2v) is 4.77. The van der Waals surface area contributed by atoms with Crippen LogP contribution in [0.1, 0.15) is 29.7 Å². The van der Waals surface area contributed by atoms with E-state index in [1.54, 1.807) is 6.20 Å². The molecule has 3 aromatic rings. The lowest BCUT2D eigenvalue weighted by Crippen LogP contribution is -2.07. The first-order valence-corrected chi connectivity index (χ1v) is 6.78. The number of rotatable bonds is 6. The molecule has 3 aromatic heterocycles. The van der Waals surface area contributed by atoms with Gasteiger partial charge in [-0.25, -0.2) is 0 Å². The van der Waals surface area contributed by atoms with Crippen molar-refractivity contribution in [3.05, 3.63) is 59.9 Å². The quantitative estimate of drug-likeness (QED) is 0.707. The summed E-state index contributed by atoms with van der Waals surface area (Å²) in [7, 11) is 0. The minimum absolute atomic E-state index is 0.331. The molecule has 7 nitrogen and oxygen atoms in total. The van der Waals surface area contributed by atoms with Gasteiger partial charge in [0, 0.05) is 18.1 Å². The number of aromatic nitrogens is 6. The molecule has 0 aromatic carbocycles. The largest absolute Gasteiger partial charge is 0.385 e. The van der Waals surface area contributed by atoms with Crippen LogP contribution in [-0.2, 0) is 13.0 Å². The lowest BCUT2D eigenvalue weighted by atomic mass is 10.1. The molecule has 0 amide bonds. The molecule has 0 aliphatic carbocycles. The first-order valence-electron chi connectivity index (χ1n) is 6.78. The lowest BCUT2D eigenvalue weighted by Gasteiger charge is -2.10. The molecule has 0 bridgehead atoms. The summed E-state index contributed by atoms with van der Waals surface area (Å²) in [6.45, 7) is 0.724. The van der Waals surface area contributed by atoms with E-state index < -0.39 is 6.10 Å². The Morgan fingerprint density at radius 3 is 2.95 bits per heavy atom. The minimum Gasteiger partial charge on any atom is -0.385 e. The molecule has 0 spiro atoms. The minimum atomic E-state index is -0.707. The summed E-state index contributed by atoms with van der Waals surface area (Å²) in [6.07, 6.45) is 4.38. The monoisotopic (exact) mass is 284 g/mol. The third-order valence-electron chi connectivity index (χ3n) is 3.32. The van der Waals surface area contributed by atoms with E-state index in [1.807, 2.05) is 36.5 Å². The molecule has 0 aliphatic rings. The highest BCUT2D eigenvalue weighted by Gasteiger charge is 2.13. The third kappa shape index (κ3) is 3.32. The Labute approximate surface area is 121 Å². The molecule has 108 valence electrons. The van der Waals surface area contributed by atoms with Gasteiger partial charge < -0.3 is 9.67 Å². The number of aliphatic hydroxyl groups is 1. The average molecular weight is 284 g/mol. The van der Waals surface area contributed by atoms with Crippen LogP contribution in [0.25, 0.3) is 0 Å². The van der Waals surface area contributed by atoms with Gasteiger partial charge in [-0.3, -0.25) is 4.98 Å². The second-order valence-electron chi connectivity index (χ2n) is 4.77. The van der Waals surface area contributed by atoms with Gasteiger partial charge >= 0.3 is 0 Å². The molecule has 0 saturated heterocycles. The van der Waals surface area contributed by atoms with E-state index in [4.69, 9.17) is 0 Å². The number of hydrogen-bond acceptors (Lipinski definition) is 5. The Balaban J connectivity index is 1.63. The molecule has 3 rings (SSSR count). The van der Waals surface area contributed by atoms with E-state index in [1.165, 1.54) is 0 Å². The number of aromatic amines is 1. The van der Waals surface area contributed by atoms with Crippen LogP contribution in [-0.4, -0.2) is 35.3 Å². The SMILES string of the molecule is OC(CCc1cccn1Cc1ccccn1)c1nn[nH]n1. The van der Waals surface area contributed by atoms with Crippen LogP contribution < -0.4 is 0 Å². The van der Waals surface area contributed by atoms with E-state index in [0.29, 0.717) is 12.2 Å². The molecule has 2 N–H and O–H groups in total. The Kier molecular flexibility index (Phi) is 4.02. The summed E-state index contributed by atoms with van der Waals surface area (Å²) in [5.74, 6) is 0.331. The zero-order valence-electron chi connectivity index (χ0n) is 11.4. The highest BCUT2D eigenvalue weighted by molar-refractivity contribution is 5.12. The predicted molar refractivity (Wildman–Crippen MR) is 75.2 cm³/mol. The van der Waals surface area contributed by atoms with Crippen molar-refractivity contribution in [3.63, 3.8) is 0 Å². The lowest BCUT2D eigenvalue weighted by molar-refractivity contribution is 0.157. The van der Waals surface area contributed by atoms with Crippen molar-refractivity contribution in [1.29, 1.82) is 0 Å². The van der Waals surface area contributed by atoms with E-state index in [-0.39, 0.29) is 0 Å². The molecule has 0 saturated carbocycles. The van der Waals surface area contributed by atoms with E-state index in [0.717, 1.165) is 24.4 Å². The third-order valence-corrected chi connectivity index (χ3v) is 3.32. The summed E-state index contributed by atoms with van der Waals surface area (Å²) < 4.78 is 2.13. The smallest absolute Gasteiger partial charge is 0.202 e. The Hall–Kier alpha value is -2.54. The molecule has 0 aliphatic heterocycles. The van der Waals surface area contributed by atoms with Crippen LogP contribution in [0.3, 0.4) is 0 Å². The number of nitrogens with zero attached hydrogens (tertiary/aromatic N) is 5. The first kappa shape index (κ1) is 13.4. The van der Waals surface area contributed by atoms with Crippen molar-refractivity contribution in [1.82, 2.24) is 30.2 Å². The number of hydrogen-bond donors (Lipinski definition) is 2. The van der Waals surface area contributed by atoms with Gasteiger partial charge in [0.2, 0.25) is 5.82 Å². The maximum absolute atomic E-state index is 9.98. The van der Waals surface area contributed by atoms with Gasteiger partial charge in [-0.15, -0.1) is 10.2 Å². The maximum atomic E-state index is 9.98. The number of aryl methyl sites for hydroxylation is 1. The van der Waals surface area contributed by atoms with Crippen LogP contribution >= 0.6 is 0 Å². The highest BCUT2D eigenvalue weighted by Crippen LogP contribution is 2.15. The standard InChI is InChI=1S/C14H16N6O/c21-13(14-16-18-19-17-14)7-6-12-5-3-9-20(12)10-11-4-1-2-8-15-11/h1-5,8-9,13,21H,6-7,10H2,(H,16,17,18,19). The molecule has 3 heterocycles. The number of aliphatic hydroxyl groups excluding tert-OH is 1. The molecule has 1 unspecified atom stereocenters. The summed E-state index contributed by atoms with van der Waals surface area (Å²) in [6, 6.07) is 9.93. The van der Waals surface area contributed by atoms with Crippen molar-refractivity contribution < 1.29 is 5.11 Å². The fourth-order valence-electron chi connectivity index (χ4n) is 2.22. The van der Waals surface area contributed by atoms with Gasteiger partial charge in [-0.2, -0.15) is 5.21 Å². The van der Waals surface area contributed by atoms with Gasteiger partial charge in [-0.05, 0) is 37.1 Å². The Morgan fingerprint density at radius 2 is 2.19 bits per heavy atom. The average Bonchev–Trinajstić information content (AvgIpc) is 3.18. The molecular weight excluding hydrogens is 268 g/mol. The van der Waals surface area contributed by atoms with Crippen molar-refractivity contribution >= 4 is 0 Å². The van der Waals surface area contributed by atoms with Crippen LogP contribution in [0, 0.1) is 0 Å². The van der Waals surface area contributed by atoms with Crippen LogP contribution in [0.4, 0.5) is 0 Å². The van der Waals surface area contributed by atoms with E-state index in [9.17, 15) is 5.11 Å². The molecule has 0 radical (unpaired) electrons. The van der Waals surface area contributed by atoms with Crippen molar-refractivity contribution in [2.75, 3.05) is 0 Å². The summed E-state index contributed by atoms with van der Waals surface area (Å²) >= 11 is 0. The number of tetrazole rings is 1. The number of pyridine rings is 1. The van der Waals surface area contributed by atoms with E-state index >= 15 is 0 Å². The van der Waals surface area contributed by atoms with Crippen LogP contribution in [0.5, 0.6) is 0 Å². The highest BCUT2D eigenvalue weighted by atomic mass is 16.3. The Morgan fingerprint density at radius 1 is 1.24 bits per heavy atom. The molecule has 21 heavy (non-hydrogen) atoms. The fourth-order valence-corrected chi connectivity index (χ4v) is 2.22. The number of H-pyrrole nitrogens is 1. The fraction of sp³-hybridized carbons (Fsp3) is 0.286. The van der Waals surface area contributed by atoms with Gasteiger partial charge in [0.1, 0.15) is 6.10 Å². The normalized spacial score (nSPS) is 12.4. The van der Waals surface area contributed by atoms with Gasteiger partial charge in [0.05, 0.1) is 12.2 Å². The summed E-state index contributed by atoms with van der Waals surface area (Å²) in [4.78, 5) is 4.33. The molecule has 7 heteroatoms. The molecule has 0 fully saturated rings. The Bertz CT molecular complexity index is 664. The predicted octanol–water partition coefficient (Wildman–Crippen LogP) is 1.11. The van der Waals surface area contributed by atoms with Gasteiger partial charge in [0.15, 0.2) is 0 Å². The second kappa shape index (κ2) is 6.27. The zero-order valence-corrected chi connectivity index (χ0v) is 11.4. The van der Waals surface area contributed by atoms with Crippen LogP contribution in [0.2, 0.25) is 0 Å². The van der Waals surface area contributed by atoms with Crippen LogP contribution in [0.15, 0.2) is 42.7 Å². The zero-order chi connectivity index (χ0) is 14.5. The first-order chi connectivity index (χ1) is 10.3. The maximum Gasteiger partial charge on any atom is 0.202 e. The van der Waals surface area contributed by atoms with Crippen molar-refractivity contribution in [2.45, 2.75) is 25.5 Å². The summed E-state index contributed by atoms with van der Waals surface area (Å²) in [5, 5.41) is 23.4.